The van der Waals surface area contributed by atoms with Crippen molar-refractivity contribution in [1.82, 2.24) is 15.2 Å². The van der Waals surface area contributed by atoms with Gasteiger partial charge in [-0.3, -0.25) is 19.4 Å². The Morgan fingerprint density at radius 2 is 1.67 bits per heavy atom. The summed E-state index contributed by atoms with van der Waals surface area (Å²) in [7, 11) is 0. The number of piperidine rings is 1. The van der Waals surface area contributed by atoms with Crippen molar-refractivity contribution in [3.8, 4) is 0 Å². The summed E-state index contributed by atoms with van der Waals surface area (Å²) in [6, 6.07) is 20.1. The fourth-order valence-corrected chi connectivity index (χ4v) is 3.89. The van der Waals surface area contributed by atoms with Gasteiger partial charge in [0.1, 0.15) is 0 Å². The Hall–Kier alpha value is -4.00. The third kappa shape index (κ3) is 5.83. The second-order valence-corrected chi connectivity index (χ2v) is 8.05. The number of hydrogen-bond donors (Lipinski definition) is 2. The van der Waals surface area contributed by atoms with Crippen molar-refractivity contribution in [2.75, 3.05) is 18.4 Å². The first kappa shape index (κ1) is 22.2. The molecule has 7 nitrogen and oxygen atoms in total. The van der Waals surface area contributed by atoms with Gasteiger partial charge in [0.25, 0.3) is 11.8 Å². The molecule has 3 aromatic rings. The Morgan fingerprint density at radius 3 is 2.39 bits per heavy atom. The molecule has 7 heteroatoms. The lowest BCUT2D eigenvalue weighted by Crippen LogP contribution is -2.42. The van der Waals surface area contributed by atoms with E-state index in [1.165, 1.54) is 6.20 Å². The van der Waals surface area contributed by atoms with Gasteiger partial charge >= 0.3 is 0 Å². The summed E-state index contributed by atoms with van der Waals surface area (Å²) in [5, 5.41) is 5.80. The normalized spacial score (nSPS) is 13.9. The minimum atomic E-state index is -0.282. The third-order valence-corrected chi connectivity index (χ3v) is 5.75. The van der Waals surface area contributed by atoms with Crippen LogP contribution < -0.4 is 10.6 Å². The van der Waals surface area contributed by atoms with E-state index in [1.54, 1.807) is 47.5 Å². The largest absolute Gasteiger partial charge is 0.352 e. The molecule has 2 heterocycles. The number of carbonyl (C=O) groups is 3. The van der Waals surface area contributed by atoms with Gasteiger partial charge in [0.15, 0.2) is 0 Å². The summed E-state index contributed by atoms with van der Waals surface area (Å²) in [5.74, 6) is -0.445. The molecular formula is C26H26N4O3. The van der Waals surface area contributed by atoms with Crippen LogP contribution >= 0.6 is 0 Å². The van der Waals surface area contributed by atoms with Crippen LogP contribution in [-0.2, 0) is 11.3 Å². The Morgan fingerprint density at radius 1 is 0.909 bits per heavy atom. The van der Waals surface area contributed by atoms with Crippen LogP contribution in [0.15, 0.2) is 79.1 Å². The van der Waals surface area contributed by atoms with Crippen LogP contribution in [0.2, 0.25) is 0 Å². The maximum Gasteiger partial charge on any atom is 0.257 e. The van der Waals surface area contributed by atoms with Gasteiger partial charge in [0.2, 0.25) is 5.91 Å². The summed E-state index contributed by atoms with van der Waals surface area (Å²) < 4.78 is 0. The van der Waals surface area contributed by atoms with Crippen molar-refractivity contribution in [2.24, 2.45) is 5.92 Å². The van der Waals surface area contributed by atoms with E-state index in [2.05, 4.69) is 15.6 Å². The van der Waals surface area contributed by atoms with Crippen LogP contribution in [0.3, 0.4) is 0 Å². The molecule has 0 unspecified atom stereocenters. The lowest BCUT2D eigenvalue weighted by Gasteiger charge is -2.31. The predicted octanol–water partition coefficient (Wildman–Crippen LogP) is 3.50. The number of pyridine rings is 1. The van der Waals surface area contributed by atoms with Crippen LogP contribution in [0.25, 0.3) is 0 Å². The monoisotopic (exact) mass is 442 g/mol. The average molecular weight is 443 g/mol. The number of carbonyl (C=O) groups excluding carboxylic acids is 3. The molecule has 1 saturated heterocycles. The molecule has 2 N–H and O–H groups in total. The van der Waals surface area contributed by atoms with E-state index in [4.69, 9.17) is 0 Å². The van der Waals surface area contributed by atoms with E-state index in [1.807, 2.05) is 30.3 Å². The molecule has 1 fully saturated rings. The highest BCUT2D eigenvalue weighted by Crippen LogP contribution is 2.21. The number of nitrogens with one attached hydrogen (secondary N) is 2. The number of nitrogens with zero attached hydrogens (tertiary/aromatic N) is 2. The average Bonchev–Trinajstić information content (AvgIpc) is 2.88. The first-order valence-electron chi connectivity index (χ1n) is 11.0. The van der Waals surface area contributed by atoms with E-state index in [0.29, 0.717) is 49.3 Å². The minimum absolute atomic E-state index is 0.0334. The fourth-order valence-electron chi connectivity index (χ4n) is 3.89. The molecule has 168 valence electrons. The zero-order valence-corrected chi connectivity index (χ0v) is 18.2. The van der Waals surface area contributed by atoms with E-state index in [9.17, 15) is 14.4 Å². The zero-order valence-electron chi connectivity index (χ0n) is 18.2. The molecule has 0 bridgehead atoms. The maximum absolute atomic E-state index is 13.0. The zero-order chi connectivity index (χ0) is 23.0. The van der Waals surface area contributed by atoms with Crippen LogP contribution in [0.4, 0.5) is 5.69 Å². The van der Waals surface area contributed by atoms with Gasteiger partial charge in [0.05, 0.1) is 5.56 Å². The van der Waals surface area contributed by atoms with Gasteiger partial charge < -0.3 is 15.5 Å². The Balaban J connectivity index is 1.30. The highest BCUT2D eigenvalue weighted by molar-refractivity contribution is 6.05. The molecule has 0 aliphatic carbocycles. The van der Waals surface area contributed by atoms with Gasteiger partial charge in [-0.15, -0.1) is 0 Å². The minimum Gasteiger partial charge on any atom is -0.352 e. The Labute approximate surface area is 192 Å². The maximum atomic E-state index is 13.0. The first-order valence-corrected chi connectivity index (χ1v) is 11.0. The van der Waals surface area contributed by atoms with Gasteiger partial charge in [-0.25, -0.2) is 0 Å². The summed E-state index contributed by atoms with van der Waals surface area (Å²) in [6.07, 6.45) is 4.35. The summed E-state index contributed by atoms with van der Waals surface area (Å²) in [4.78, 5) is 43.6. The van der Waals surface area contributed by atoms with Gasteiger partial charge in [0, 0.05) is 49.2 Å². The highest BCUT2D eigenvalue weighted by Gasteiger charge is 2.27. The third-order valence-electron chi connectivity index (χ3n) is 5.75. The quantitative estimate of drug-likeness (QED) is 0.611. The standard InChI is InChI=1S/C26H26N4O3/c31-24(28-17-19-6-2-1-3-7-19)20-11-14-30(15-12-20)26(33)21-8-4-10-23(16-21)29-25(32)22-9-5-13-27-18-22/h1-10,13,16,18,20H,11-12,14-15,17H2,(H,28,31)(H,29,32). The van der Waals surface area contributed by atoms with Gasteiger partial charge in [-0.1, -0.05) is 36.4 Å². The van der Waals surface area contributed by atoms with Crippen molar-refractivity contribution in [3.05, 3.63) is 95.8 Å². The molecular weight excluding hydrogens is 416 g/mol. The molecule has 1 aliphatic rings. The number of benzene rings is 2. The molecule has 0 spiro atoms. The first-order chi connectivity index (χ1) is 16.1. The van der Waals surface area contributed by atoms with E-state index >= 15 is 0 Å². The van der Waals surface area contributed by atoms with E-state index < -0.39 is 0 Å². The number of anilines is 1. The molecule has 0 radical (unpaired) electrons. The van der Waals surface area contributed by atoms with Crippen LogP contribution in [0.1, 0.15) is 39.1 Å². The predicted molar refractivity (Wildman–Crippen MR) is 126 cm³/mol. The van der Waals surface area contributed by atoms with Crippen molar-refractivity contribution in [3.63, 3.8) is 0 Å². The number of rotatable bonds is 6. The number of aromatic nitrogens is 1. The summed E-state index contributed by atoms with van der Waals surface area (Å²) in [5.41, 5.74) is 2.56. The molecule has 4 rings (SSSR count). The number of hydrogen-bond acceptors (Lipinski definition) is 4. The lowest BCUT2D eigenvalue weighted by molar-refractivity contribution is -0.126. The van der Waals surface area contributed by atoms with Crippen molar-refractivity contribution in [2.45, 2.75) is 19.4 Å². The van der Waals surface area contributed by atoms with E-state index in [-0.39, 0.29) is 23.6 Å². The Kier molecular flexibility index (Phi) is 7.09. The summed E-state index contributed by atoms with van der Waals surface area (Å²) in [6.45, 7) is 1.55. The SMILES string of the molecule is O=C(Nc1cccc(C(=O)N2CCC(C(=O)NCc3ccccc3)CC2)c1)c1cccnc1. The van der Waals surface area contributed by atoms with Crippen molar-refractivity contribution in [1.29, 1.82) is 0 Å². The number of amides is 3. The van der Waals surface area contributed by atoms with E-state index in [0.717, 1.165) is 5.56 Å². The molecule has 0 atom stereocenters. The van der Waals surface area contributed by atoms with Crippen molar-refractivity contribution >= 4 is 23.4 Å². The smallest absolute Gasteiger partial charge is 0.257 e. The topological polar surface area (TPSA) is 91.4 Å². The molecule has 3 amide bonds. The molecule has 0 saturated carbocycles. The molecule has 33 heavy (non-hydrogen) atoms. The molecule has 1 aliphatic heterocycles. The summed E-state index contributed by atoms with van der Waals surface area (Å²) >= 11 is 0. The highest BCUT2D eigenvalue weighted by atomic mass is 16.2. The van der Waals surface area contributed by atoms with Crippen LogP contribution in [0, 0.1) is 5.92 Å². The van der Waals surface area contributed by atoms with Gasteiger partial charge in [-0.05, 0) is 48.7 Å². The second-order valence-electron chi connectivity index (χ2n) is 8.05. The number of likely N-dealkylation sites (tertiary alicyclic amines) is 1. The second kappa shape index (κ2) is 10.5. The van der Waals surface area contributed by atoms with Crippen LogP contribution in [-0.4, -0.2) is 40.7 Å². The lowest BCUT2D eigenvalue weighted by atomic mass is 9.95. The molecule has 1 aromatic heterocycles. The Bertz CT molecular complexity index is 1110. The fraction of sp³-hybridized carbons (Fsp3) is 0.231. The van der Waals surface area contributed by atoms with Crippen LogP contribution in [0.5, 0.6) is 0 Å². The molecule has 2 aromatic carbocycles. The van der Waals surface area contributed by atoms with Gasteiger partial charge in [-0.2, -0.15) is 0 Å². The van der Waals surface area contributed by atoms with Crippen molar-refractivity contribution < 1.29 is 14.4 Å².